The van der Waals surface area contributed by atoms with E-state index in [0.29, 0.717) is 11.8 Å². The van der Waals surface area contributed by atoms with Crippen LogP contribution in [0.5, 0.6) is 0 Å². The summed E-state index contributed by atoms with van der Waals surface area (Å²) in [6.45, 7) is 6.48. The Bertz CT molecular complexity index is 387. The van der Waals surface area contributed by atoms with Gasteiger partial charge in [-0.3, -0.25) is 0 Å². The smallest absolute Gasteiger partial charge is 0.0491 e. The predicted molar refractivity (Wildman–Crippen MR) is 80.4 cm³/mol. The molecule has 0 heterocycles. The van der Waals surface area contributed by atoms with Crippen LogP contribution < -0.4 is 5.32 Å². The molecular formula is C17H27NO. The first-order valence-corrected chi connectivity index (χ1v) is 7.47. The zero-order valence-corrected chi connectivity index (χ0v) is 12.5. The van der Waals surface area contributed by atoms with E-state index < -0.39 is 0 Å². The minimum Gasteiger partial charge on any atom is -0.384 e. The molecular weight excluding hydrogens is 234 g/mol. The molecule has 1 N–H and O–H groups in total. The molecule has 19 heavy (non-hydrogen) atoms. The van der Waals surface area contributed by atoms with E-state index in [1.165, 1.54) is 24.0 Å². The Labute approximate surface area is 117 Å². The van der Waals surface area contributed by atoms with Crippen molar-refractivity contribution < 1.29 is 4.74 Å². The average molecular weight is 261 g/mol. The van der Waals surface area contributed by atoms with Crippen LogP contribution in [-0.4, -0.2) is 26.3 Å². The van der Waals surface area contributed by atoms with Gasteiger partial charge in [0, 0.05) is 19.8 Å². The van der Waals surface area contributed by atoms with Gasteiger partial charge < -0.3 is 10.1 Å². The summed E-state index contributed by atoms with van der Waals surface area (Å²) in [5.74, 6) is 1.25. The first-order valence-electron chi connectivity index (χ1n) is 7.47. The van der Waals surface area contributed by atoms with Crippen molar-refractivity contribution in [2.45, 2.75) is 39.2 Å². The summed E-state index contributed by atoms with van der Waals surface area (Å²) in [4.78, 5) is 0. The van der Waals surface area contributed by atoms with E-state index in [9.17, 15) is 0 Å². The second kappa shape index (κ2) is 7.06. The highest BCUT2D eigenvalue weighted by Crippen LogP contribution is 2.23. The fourth-order valence-electron chi connectivity index (χ4n) is 2.60. The lowest BCUT2D eigenvalue weighted by molar-refractivity contribution is 0.128. The van der Waals surface area contributed by atoms with Gasteiger partial charge in [0.25, 0.3) is 0 Å². The van der Waals surface area contributed by atoms with Gasteiger partial charge in [-0.1, -0.05) is 31.2 Å². The maximum absolute atomic E-state index is 5.35. The van der Waals surface area contributed by atoms with Crippen molar-refractivity contribution in [2.75, 3.05) is 20.3 Å². The molecule has 2 unspecified atom stereocenters. The van der Waals surface area contributed by atoms with E-state index in [2.05, 4.69) is 43.4 Å². The van der Waals surface area contributed by atoms with Gasteiger partial charge in [-0.15, -0.1) is 0 Å². The fourth-order valence-corrected chi connectivity index (χ4v) is 2.60. The molecule has 1 aliphatic rings. The van der Waals surface area contributed by atoms with Gasteiger partial charge in [0.15, 0.2) is 0 Å². The second-order valence-electron chi connectivity index (χ2n) is 6.01. The number of benzene rings is 1. The number of nitrogens with one attached hydrogen (secondary N) is 1. The summed E-state index contributed by atoms with van der Waals surface area (Å²) < 4.78 is 5.35. The Hall–Kier alpha value is -0.860. The van der Waals surface area contributed by atoms with Crippen molar-refractivity contribution in [3.63, 3.8) is 0 Å². The van der Waals surface area contributed by atoms with Gasteiger partial charge in [-0.2, -0.15) is 0 Å². The number of aryl methyl sites for hydroxylation is 1. The van der Waals surface area contributed by atoms with Crippen LogP contribution in [0.1, 0.15) is 30.9 Å². The molecule has 1 aromatic carbocycles. The topological polar surface area (TPSA) is 21.3 Å². The van der Waals surface area contributed by atoms with Gasteiger partial charge >= 0.3 is 0 Å². The highest BCUT2D eigenvalue weighted by molar-refractivity contribution is 5.26. The first kappa shape index (κ1) is 14.5. The van der Waals surface area contributed by atoms with Crippen LogP contribution in [0.15, 0.2) is 24.3 Å². The normalized spacial score (nSPS) is 18.3. The zero-order valence-electron chi connectivity index (χ0n) is 12.5. The molecule has 0 spiro atoms. The standard InChI is InChI=1S/C17H27NO/c1-13-6-4-5-7-15(13)10-16(14(2)12-19-3)11-18-17-8-9-17/h4-7,14,16-18H,8-12H2,1-3H3. The van der Waals surface area contributed by atoms with Crippen LogP contribution >= 0.6 is 0 Å². The molecule has 0 aliphatic heterocycles. The largest absolute Gasteiger partial charge is 0.384 e. The van der Waals surface area contributed by atoms with Crippen molar-refractivity contribution in [3.05, 3.63) is 35.4 Å². The van der Waals surface area contributed by atoms with Crippen LogP contribution in [-0.2, 0) is 11.2 Å². The molecule has 1 aliphatic carbocycles. The van der Waals surface area contributed by atoms with E-state index in [0.717, 1.165) is 25.6 Å². The lowest BCUT2D eigenvalue weighted by atomic mass is 9.87. The summed E-state index contributed by atoms with van der Waals surface area (Å²) in [5.41, 5.74) is 2.89. The predicted octanol–water partition coefficient (Wildman–Crippen LogP) is 3.19. The molecule has 2 atom stereocenters. The molecule has 0 radical (unpaired) electrons. The summed E-state index contributed by atoms with van der Waals surface area (Å²) in [7, 11) is 1.80. The lowest BCUT2D eigenvalue weighted by Crippen LogP contribution is -2.32. The van der Waals surface area contributed by atoms with Gasteiger partial charge in [-0.05, 0) is 55.7 Å². The molecule has 2 heteroatoms. The second-order valence-corrected chi connectivity index (χ2v) is 6.01. The summed E-state index contributed by atoms with van der Waals surface area (Å²) >= 11 is 0. The summed E-state index contributed by atoms with van der Waals surface area (Å²) in [5, 5.41) is 3.68. The van der Waals surface area contributed by atoms with E-state index in [1.54, 1.807) is 7.11 Å². The highest BCUT2D eigenvalue weighted by Gasteiger charge is 2.24. The number of rotatable bonds is 8. The van der Waals surface area contributed by atoms with Crippen molar-refractivity contribution >= 4 is 0 Å². The minimum absolute atomic E-state index is 0.593. The molecule has 2 nitrogen and oxygen atoms in total. The molecule has 106 valence electrons. The van der Waals surface area contributed by atoms with E-state index in [1.807, 2.05) is 0 Å². The number of ether oxygens (including phenoxy) is 1. The molecule has 2 rings (SSSR count). The Morgan fingerprint density at radius 2 is 2.05 bits per heavy atom. The summed E-state index contributed by atoms with van der Waals surface area (Å²) in [6, 6.07) is 9.53. The fraction of sp³-hybridized carbons (Fsp3) is 0.647. The van der Waals surface area contributed by atoms with Crippen molar-refractivity contribution in [1.82, 2.24) is 5.32 Å². The maximum Gasteiger partial charge on any atom is 0.0491 e. The minimum atomic E-state index is 0.593. The lowest BCUT2D eigenvalue weighted by Gasteiger charge is -2.25. The molecule has 0 bridgehead atoms. The summed E-state index contributed by atoms with van der Waals surface area (Å²) in [6.07, 6.45) is 3.86. The third kappa shape index (κ3) is 4.63. The first-order chi connectivity index (χ1) is 9.20. The Kier molecular flexibility index (Phi) is 5.41. The maximum atomic E-state index is 5.35. The monoisotopic (exact) mass is 261 g/mol. The van der Waals surface area contributed by atoms with Crippen molar-refractivity contribution in [2.24, 2.45) is 11.8 Å². The highest BCUT2D eigenvalue weighted by atomic mass is 16.5. The van der Waals surface area contributed by atoms with Gasteiger partial charge in [0.2, 0.25) is 0 Å². The van der Waals surface area contributed by atoms with E-state index in [4.69, 9.17) is 4.74 Å². The Balaban J connectivity index is 1.96. The molecule has 1 aromatic rings. The van der Waals surface area contributed by atoms with Crippen LogP contribution in [0.3, 0.4) is 0 Å². The van der Waals surface area contributed by atoms with Gasteiger partial charge in [0.1, 0.15) is 0 Å². The van der Waals surface area contributed by atoms with Crippen LogP contribution in [0.4, 0.5) is 0 Å². The Morgan fingerprint density at radius 3 is 2.68 bits per heavy atom. The van der Waals surface area contributed by atoms with Crippen LogP contribution in [0.25, 0.3) is 0 Å². The van der Waals surface area contributed by atoms with Crippen LogP contribution in [0, 0.1) is 18.8 Å². The van der Waals surface area contributed by atoms with Crippen molar-refractivity contribution in [3.8, 4) is 0 Å². The quantitative estimate of drug-likeness (QED) is 0.776. The van der Waals surface area contributed by atoms with Crippen molar-refractivity contribution in [1.29, 1.82) is 0 Å². The third-order valence-electron chi connectivity index (χ3n) is 4.22. The average Bonchev–Trinajstić information content (AvgIpc) is 3.21. The number of methoxy groups -OCH3 is 1. The molecule has 1 saturated carbocycles. The Morgan fingerprint density at radius 1 is 1.32 bits per heavy atom. The molecule has 1 fully saturated rings. The van der Waals surface area contributed by atoms with Crippen LogP contribution in [0.2, 0.25) is 0 Å². The van der Waals surface area contributed by atoms with E-state index in [-0.39, 0.29) is 0 Å². The third-order valence-corrected chi connectivity index (χ3v) is 4.22. The SMILES string of the molecule is COCC(C)C(CNC1CC1)Cc1ccccc1C. The number of hydrogen-bond donors (Lipinski definition) is 1. The number of hydrogen-bond acceptors (Lipinski definition) is 2. The zero-order chi connectivity index (χ0) is 13.7. The molecule has 0 aromatic heterocycles. The van der Waals surface area contributed by atoms with Gasteiger partial charge in [0.05, 0.1) is 0 Å². The van der Waals surface area contributed by atoms with Gasteiger partial charge in [-0.25, -0.2) is 0 Å². The molecule has 0 saturated heterocycles. The van der Waals surface area contributed by atoms with E-state index >= 15 is 0 Å². The molecule has 0 amide bonds.